The molecule has 1 fully saturated rings. The number of nitrogen functional groups attached to an aromatic ring is 1. The van der Waals surface area contributed by atoms with E-state index in [2.05, 4.69) is 16.7 Å². The molecule has 0 aromatic heterocycles. The van der Waals surface area contributed by atoms with Gasteiger partial charge in [0, 0.05) is 12.1 Å². The molecular formula is C14H23N3O3S. The Morgan fingerprint density at radius 3 is 2.81 bits per heavy atom. The summed E-state index contributed by atoms with van der Waals surface area (Å²) in [5.74, 6) is 0.599. The highest BCUT2D eigenvalue weighted by atomic mass is 32.2. The molecule has 1 aromatic rings. The van der Waals surface area contributed by atoms with Gasteiger partial charge in [-0.3, -0.25) is 0 Å². The first-order valence-corrected chi connectivity index (χ1v) is 8.58. The summed E-state index contributed by atoms with van der Waals surface area (Å²) in [4.78, 5) is 2.37. The van der Waals surface area contributed by atoms with Gasteiger partial charge in [-0.2, -0.15) is 0 Å². The van der Waals surface area contributed by atoms with Crippen molar-refractivity contribution in [2.45, 2.75) is 30.2 Å². The molecule has 1 aliphatic rings. The molecule has 0 aliphatic carbocycles. The van der Waals surface area contributed by atoms with Crippen LogP contribution >= 0.6 is 0 Å². The number of hydrogen-bond donors (Lipinski definition) is 2. The molecule has 1 unspecified atom stereocenters. The van der Waals surface area contributed by atoms with Gasteiger partial charge in [0.05, 0.1) is 5.69 Å². The van der Waals surface area contributed by atoms with Crippen LogP contribution in [0.2, 0.25) is 0 Å². The van der Waals surface area contributed by atoms with Crippen molar-refractivity contribution in [3.8, 4) is 5.75 Å². The third kappa shape index (κ3) is 3.87. The monoisotopic (exact) mass is 313 g/mol. The zero-order chi connectivity index (χ0) is 15.5. The molecule has 1 atom stereocenters. The van der Waals surface area contributed by atoms with Crippen LogP contribution < -0.4 is 15.2 Å². The van der Waals surface area contributed by atoms with E-state index in [4.69, 9.17) is 10.5 Å². The van der Waals surface area contributed by atoms with Gasteiger partial charge in [-0.05, 0) is 45.6 Å². The van der Waals surface area contributed by atoms with Crippen LogP contribution in [-0.4, -0.2) is 46.6 Å². The van der Waals surface area contributed by atoms with Crippen molar-refractivity contribution >= 4 is 15.7 Å². The molecule has 2 rings (SSSR count). The molecule has 0 saturated carbocycles. The Morgan fingerprint density at radius 2 is 2.19 bits per heavy atom. The maximum absolute atomic E-state index is 11.7. The van der Waals surface area contributed by atoms with Crippen LogP contribution in [-0.2, 0) is 10.0 Å². The number of sulfonamides is 1. The standard InChI is InChI=1S/C14H23N3O3S/c1-16-21(18,19)14-7-6-12(9-13(14)15)20-10-11-5-3-4-8-17(11)2/h6-7,9,11,16H,3-5,8,10,15H2,1-2H3. The van der Waals surface area contributed by atoms with Gasteiger partial charge in [0.25, 0.3) is 0 Å². The minimum Gasteiger partial charge on any atom is -0.492 e. The Kier molecular flexibility index (Phi) is 5.08. The summed E-state index contributed by atoms with van der Waals surface area (Å²) in [5.41, 5.74) is 6.00. The van der Waals surface area contributed by atoms with Gasteiger partial charge in [0.15, 0.2) is 0 Å². The highest BCUT2D eigenvalue weighted by Crippen LogP contribution is 2.24. The van der Waals surface area contributed by atoms with E-state index >= 15 is 0 Å². The predicted molar refractivity (Wildman–Crippen MR) is 82.9 cm³/mol. The first-order valence-electron chi connectivity index (χ1n) is 7.10. The lowest BCUT2D eigenvalue weighted by atomic mass is 10.0. The molecule has 3 N–H and O–H groups in total. The number of nitrogens with two attached hydrogens (primary N) is 1. The Balaban J connectivity index is 2.04. The third-order valence-corrected chi connectivity index (χ3v) is 5.39. The van der Waals surface area contributed by atoms with E-state index in [-0.39, 0.29) is 10.6 Å². The van der Waals surface area contributed by atoms with Crippen LogP contribution in [0.3, 0.4) is 0 Å². The maximum Gasteiger partial charge on any atom is 0.242 e. The summed E-state index contributed by atoms with van der Waals surface area (Å²) < 4.78 is 31.5. The molecule has 7 heteroatoms. The number of rotatable bonds is 5. The summed E-state index contributed by atoms with van der Waals surface area (Å²) in [6, 6.07) is 5.08. The Bertz CT molecular complexity index is 589. The van der Waals surface area contributed by atoms with Crippen LogP contribution in [0, 0.1) is 0 Å². The summed E-state index contributed by atoms with van der Waals surface area (Å²) in [6.45, 7) is 1.68. The molecule has 0 bridgehead atoms. The smallest absolute Gasteiger partial charge is 0.242 e. The molecule has 1 aromatic carbocycles. The molecule has 0 amide bonds. The van der Waals surface area contributed by atoms with Crippen LogP contribution in [0.15, 0.2) is 23.1 Å². The number of anilines is 1. The van der Waals surface area contributed by atoms with Crippen molar-refractivity contribution in [2.24, 2.45) is 0 Å². The lowest BCUT2D eigenvalue weighted by Gasteiger charge is -2.32. The van der Waals surface area contributed by atoms with Crippen molar-refractivity contribution in [3.63, 3.8) is 0 Å². The average molecular weight is 313 g/mol. The fraction of sp³-hybridized carbons (Fsp3) is 0.571. The van der Waals surface area contributed by atoms with Gasteiger partial charge in [0.1, 0.15) is 17.3 Å². The molecular weight excluding hydrogens is 290 g/mol. The fourth-order valence-corrected chi connectivity index (χ4v) is 3.35. The Morgan fingerprint density at radius 1 is 1.43 bits per heavy atom. The van der Waals surface area contributed by atoms with Crippen molar-refractivity contribution in [1.29, 1.82) is 0 Å². The van der Waals surface area contributed by atoms with E-state index in [1.807, 2.05) is 0 Å². The Hall–Kier alpha value is -1.31. The maximum atomic E-state index is 11.7. The van der Waals surface area contributed by atoms with Crippen molar-refractivity contribution in [3.05, 3.63) is 18.2 Å². The van der Waals surface area contributed by atoms with Crippen molar-refractivity contribution in [2.75, 3.05) is 33.0 Å². The highest BCUT2D eigenvalue weighted by molar-refractivity contribution is 7.89. The van der Waals surface area contributed by atoms with Crippen LogP contribution in [0.4, 0.5) is 5.69 Å². The van der Waals surface area contributed by atoms with Gasteiger partial charge < -0.3 is 15.4 Å². The summed E-state index contributed by atoms with van der Waals surface area (Å²) in [6.07, 6.45) is 3.58. The molecule has 1 saturated heterocycles. The average Bonchev–Trinajstić information content (AvgIpc) is 2.46. The summed E-state index contributed by atoms with van der Waals surface area (Å²) >= 11 is 0. The van der Waals surface area contributed by atoms with Gasteiger partial charge in [0.2, 0.25) is 10.0 Å². The van der Waals surface area contributed by atoms with Crippen LogP contribution in [0.1, 0.15) is 19.3 Å². The number of likely N-dealkylation sites (N-methyl/N-ethyl adjacent to an activating group) is 1. The summed E-state index contributed by atoms with van der Waals surface area (Å²) in [7, 11) is -0.0681. The van der Waals surface area contributed by atoms with Crippen molar-refractivity contribution in [1.82, 2.24) is 9.62 Å². The molecule has 0 spiro atoms. The minimum absolute atomic E-state index is 0.0761. The van der Waals surface area contributed by atoms with E-state index in [0.29, 0.717) is 18.4 Å². The van der Waals surface area contributed by atoms with E-state index in [1.165, 1.54) is 26.0 Å². The van der Waals surface area contributed by atoms with Gasteiger partial charge >= 0.3 is 0 Å². The molecule has 6 nitrogen and oxygen atoms in total. The Labute approximate surface area is 126 Å². The molecule has 1 heterocycles. The van der Waals surface area contributed by atoms with E-state index in [1.54, 1.807) is 12.1 Å². The minimum atomic E-state index is -3.53. The quantitative estimate of drug-likeness (QED) is 0.794. The fourth-order valence-electron chi connectivity index (χ4n) is 2.52. The first kappa shape index (κ1) is 16.1. The largest absolute Gasteiger partial charge is 0.492 e. The molecule has 118 valence electrons. The number of benzene rings is 1. The first-order chi connectivity index (χ1) is 9.94. The summed E-state index contributed by atoms with van der Waals surface area (Å²) in [5, 5.41) is 0. The lowest BCUT2D eigenvalue weighted by Crippen LogP contribution is -2.40. The molecule has 21 heavy (non-hydrogen) atoms. The number of likely N-dealkylation sites (tertiary alicyclic amines) is 1. The van der Waals surface area contributed by atoms with Gasteiger partial charge in [-0.15, -0.1) is 0 Å². The highest BCUT2D eigenvalue weighted by Gasteiger charge is 2.20. The zero-order valence-electron chi connectivity index (χ0n) is 12.5. The van der Waals surface area contributed by atoms with Crippen molar-refractivity contribution < 1.29 is 13.2 Å². The molecule has 1 aliphatic heterocycles. The van der Waals surface area contributed by atoms with Crippen LogP contribution in [0.5, 0.6) is 5.75 Å². The molecule has 0 radical (unpaired) electrons. The number of nitrogens with one attached hydrogen (secondary N) is 1. The van der Waals surface area contributed by atoms with E-state index in [9.17, 15) is 8.42 Å². The number of piperidine rings is 1. The predicted octanol–water partition coefficient (Wildman–Crippen LogP) is 1.04. The SMILES string of the molecule is CNS(=O)(=O)c1ccc(OCC2CCCCN2C)cc1N. The van der Waals surface area contributed by atoms with Gasteiger partial charge in [-0.25, -0.2) is 13.1 Å². The third-order valence-electron chi connectivity index (χ3n) is 3.90. The van der Waals surface area contributed by atoms with Gasteiger partial charge in [-0.1, -0.05) is 6.42 Å². The van der Waals surface area contributed by atoms with E-state index in [0.717, 1.165) is 13.0 Å². The van der Waals surface area contributed by atoms with E-state index < -0.39 is 10.0 Å². The number of nitrogens with zero attached hydrogens (tertiary/aromatic N) is 1. The second-order valence-corrected chi connectivity index (χ2v) is 7.20. The lowest BCUT2D eigenvalue weighted by molar-refractivity contribution is 0.125. The zero-order valence-corrected chi connectivity index (χ0v) is 13.3. The van der Waals surface area contributed by atoms with Crippen LogP contribution in [0.25, 0.3) is 0 Å². The second-order valence-electron chi connectivity index (χ2n) is 5.35. The normalized spacial score (nSPS) is 20.4. The second kappa shape index (κ2) is 6.64. The number of hydrogen-bond acceptors (Lipinski definition) is 5. The topological polar surface area (TPSA) is 84.7 Å². The number of ether oxygens (including phenoxy) is 1.